The number of carbonyl (C=O) groups is 2. The molecule has 2 aromatic rings. The fraction of sp³-hybridized carbons (Fsp3) is 0.440. The van der Waals surface area contributed by atoms with Crippen LogP contribution >= 0.6 is 0 Å². The molecule has 0 unspecified atom stereocenters. The largest absolute Gasteiger partial charge is 0.355 e. The summed E-state index contributed by atoms with van der Waals surface area (Å²) in [7, 11) is 0. The van der Waals surface area contributed by atoms with E-state index in [2.05, 4.69) is 10.6 Å². The van der Waals surface area contributed by atoms with Crippen LogP contribution in [0.15, 0.2) is 48.5 Å². The minimum absolute atomic E-state index is 0.0130. The number of nitrogens with zero attached hydrogens (tertiary/aromatic N) is 1. The van der Waals surface area contributed by atoms with Crippen LogP contribution < -0.4 is 10.6 Å². The summed E-state index contributed by atoms with van der Waals surface area (Å²) in [5, 5.41) is 5.96. The van der Waals surface area contributed by atoms with Crippen LogP contribution in [0.25, 0.3) is 0 Å². The van der Waals surface area contributed by atoms with Gasteiger partial charge in [-0.2, -0.15) is 0 Å². The van der Waals surface area contributed by atoms with Crippen molar-refractivity contribution in [2.24, 2.45) is 5.92 Å². The van der Waals surface area contributed by atoms with Gasteiger partial charge in [0.15, 0.2) is 0 Å². The van der Waals surface area contributed by atoms with Crippen molar-refractivity contribution in [2.75, 3.05) is 19.6 Å². The number of hydrogen-bond acceptors (Lipinski definition) is 2. The third-order valence-electron chi connectivity index (χ3n) is 5.73. The first-order valence-corrected chi connectivity index (χ1v) is 11.0. The third kappa shape index (κ3) is 6.29. The Morgan fingerprint density at radius 2 is 1.87 bits per heavy atom. The second kappa shape index (κ2) is 10.4. The second-order valence-electron chi connectivity index (χ2n) is 8.67. The predicted octanol–water partition coefficient (Wildman–Crippen LogP) is 4.02. The summed E-state index contributed by atoms with van der Waals surface area (Å²) in [5.74, 6) is -0.611. The number of urea groups is 1. The molecule has 1 heterocycles. The number of carbonyl (C=O) groups excluding carboxylic acids is 2. The molecule has 1 aliphatic rings. The predicted molar refractivity (Wildman–Crippen MR) is 120 cm³/mol. The average molecular weight is 426 g/mol. The number of aryl methyl sites for hydroxylation is 1. The molecule has 2 atom stereocenters. The van der Waals surface area contributed by atoms with Crippen LogP contribution in [0.5, 0.6) is 0 Å². The molecule has 1 fully saturated rings. The zero-order valence-corrected chi connectivity index (χ0v) is 18.5. The Bertz CT molecular complexity index is 901. The van der Waals surface area contributed by atoms with E-state index in [1.165, 1.54) is 11.6 Å². The SMILES string of the molecule is Cc1cc([C@@H]2C[C@@H](C(=O)NCCc3ccccc3)CN(C(=O)NC(C)C)C2)ccc1F. The minimum atomic E-state index is -0.308. The van der Waals surface area contributed by atoms with Gasteiger partial charge in [-0.1, -0.05) is 42.5 Å². The standard InChI is InChI=1S/C25H32FN3O2/c1-17(2)28-25(31)29-15-21(20-9-10-23(26)18(3)13-20)14-22(16-29)24(30)27-12-11-19-7-5-4-6-8-19/h4-10,13,17,21-22H,11-12,14-16H2,1-3H3,(H,27,30)(H,28,31)/t21-,22-/m1/s1. The first-order chi connectivity index (χ1) is 14.8. The van der Waals surface area contributed by atoms with Gasteiger partial charge < -0.3 is 15.5 Å². The molecule has 2 N–H and O–H groups in total. The molecule has 31 heavy (non-hydrogen) atoms. The first-order valence-electron chi connectivity index (χ1n) is 11.0. The molecule has 1 aliphatic heterocycles. The molecule has 6 heteroatoms. The molecular weight excluding hydrogens is 393 g/mol. The van der Waals surface area contributed by atoms with Gasteiger partial charge in [0.05, 0.1) is 5.92 Å². The summed E-state index contributed by atoms with van der Waals surface area (Å²) >= 11 is 0. The number of likely N-dealkylation sites (tertiary alicyclic amines) is 1. The van der Waals surface area contributed by atoms with Crippen molar-refractivity contribution in [2.45, 2.75) is 45.6 Å². The zero-order valence-electron chi connectivity index (χ0n) is 18.5. The van der Waals surface area contributed by atoms with E-state index in [1.54, 1.807) is 17.9 Å². The van der Waals surface area contributed by atoms with Crippen molar-refractivity contribution in [3.8, 4) is 0 Å². The Hall–Kier alpha value is -2.89. The summed E-state index contributed by atoms with van der Waals surface area (Å²) in [4.78, 5) is 27.4. The van der Waals surface area contributed by atoms with Gasteiger partial charge in [0, 0.05) is 31.6 Å². The molecule has 3 amide bonds. The van der Waals surface area contributed by atoms with E-state index in [4.69, 9.17) is 0 Å². The van der Waals surface area contributed by atoms with E-state index < -0.39 is 0 Å². The van der Waals surface area contributed by atoms with Crippen LogP contribution in [0.1, 0.15) is 42.9 Å². The Labute approximate surface area is 184 Å². The molecule has 0 radical (unpaired) electrons. The lowest BCUT2D eigenvalue weighted by molar-refractivity contribution is -0.126. The second-order valence-corrected chi connectivity index (χ2v) is 8.67. The summed E-state index contributed by atoms with van der Waals surface area (Å²) in [6.45, 7) is 7.01. The van der Waals surface area contributed by atoms with Gasteiger partial charge >= 0.3 is 6.03 Å². The molecule has 0 aliphatic carbocycles. The third-order valence-corrected chi connectivity index (χ3v) is 5.73. The molecular formula is C25H32FN3O2. The van der Waals surface area contributed by atoms with Crippen LogP contribution in [0.2, 0.25) is 0 Å². The van der Waals surface area contributed by atoms with Gasteiger partial charge in [-0.05, 0) is 56.4 Å². The number of hydrogen-bond donors (Lipinski definition) is 2. The van der Waals surface area contributed by atoms with Gasteiger partial charge in [0.25, 0.3) is 0 Å². The van der Waals surface area contributed by atoms with Gasteiger partial charge in [-0.3, -0.25) is 4.79 Å². The van der Waals surface area contributed by atoms with Crippen LogP contribution in [0, 0.1) is 18.7 Å². The highest BCUT2D eigenvalue weighted by molar-refractivity contribution is 5.81. The van der Waals surface area contributed by atoms with Gasteiger partial charge in [0.2, 0.25) is 5.91 Å². The van der Waals surface area contributed by atoms with Gasteiger partial charge in [-0.25, -0.2) is 9.18 Å². The van der Waals surface area contributed by atoms with Gasteiger partial charge in [-0.15, -0.1) is 0 Å². The van der Waals surface area contributed by atoms with E-state index in [1.807, 2.05) is 50.2 Å². The molecule has 0 aromatic heterocycles. The lowest BCUT2D eigenvalue weighted by Gasteiger charge is -2.38. The van der Waals surface area contributed by atoms with E-state index >= 15 is 0 Å². The highest BCUT2D eigenvalue weighted by Gasteiger charge is 2.34. The minimum Gasteiger partial charge on any atom is -0.355 e. The fourth-order valence-electron chi connectivity index (χ4n) is 4.08. The summed E-state index contributed by atoms with van der Waals surface area (Å²) in [6, 6.07) is 14.9. The summed E-state index contributed by atoms with van der Waals surface area (Å²) in [5.41, 5.74) is 2.71. The lowest BCUT2D eigenvalue weighted by Crippen LogP contribution is -2.52. The molecule has 2 aromatic carbocycles. The first kappa shape index (κ1) is 22.8. The fourth-order valence-corrected chi connectivity index (χ4v) is 4.08. The van der Waals surface area contributed by atoms with Crippen LogP contribution in [0.3, 0.4) is 0 Å². The zero-order chi connectivity index (χ0) is 22.4. The van der Waals surface area contributed by atoms with E-state index in [-0.39, 0.29) is 35.6 Å². The van der Waals surface area contributed by atoms with Crippen molar-refractivity contribution in [3.05, 3.63) is 71.0 Å². The van der Waals surface area contributed by atoms with E-state index in [0.29, 0.717) is 31.6 Å². The highest BCUT2D eigenvalue weighted by Crippen LogP contribution is 2.31. The molecule has 5 nitrogen and oxygen atoms in total. The molecule has 1 saturated heterocycles. The molecule has 3 rings (SSSR count). The summed E-state index contributed by atoms with van der Waals surface area (Å²) < 4.78 is 13.8. The van der Waals surface area contributed by atoms with Crippen LogP contribution in [0.4, 0.5) is 9.18 Å². The maximum Gasteiger partial charge on any atom is 0.317 e. The normalized spacial score (nSPS) is 18.7. The Balaban J connectivity index is 1.70. The maximum absolute atomic E-state index is 13.8. The molecule has 0 saturated carbocycles. The Morgan fingerprint density at radius 3 is 2.55 bits per heavy atom. The van der Waals surface area contributed by atoms with Crippen LogP contribution in [-0.2, 0) is 11.2 Å². The van der Waals surface area contributed by atoms with Crippen molar-refractivity contribution in [3.63, 3.8) is 0 Å². The average Bonchev–Trinajstić information content (AvgIpc) is 2.75. The van der Waals surface area contributed by atoms with Crippen molar-refractivity contribution < 1.29 is 14.0 Å². The number of rotatable bonds is 6. The number of nitrogens with one attached hydrogen (secondary N) is 2. The van der Waals surface area contributed by atoms with Crippen molar-refractivity contribution in [1.29, 1.82) is 0 Å². The van der Waals surface area contributed by atoms with E-state index in [0.717, 1.165) is 12.0 Å². The monoisotopic (exact) mass is 425 g/mol. The highest BCUT2D eigenvalue weighted by atomic mass is 19.1. The number of halogens is 1. The van der Waals surface area contributed by atoms with Crippen LogP contribution in [-0.4, -0.2) is 42.5 Å². The number of piperidine rings is 1. The maximum atomic E-state index is 13.8. The molecule has 166 valence electrons. The van der Waals surface area contributed by atoms with E-state index in [9.17, 15) is 14.0 Å². The number of benzene rings is 2. The van der Waals surface area contributed by atoms with Crippen molar-refractivity contribution >= 4 is 11.9 Å². The smallest absolute Gasteiger partial charge is 0.317 e. The Morgan fingerprint density at radius 1 is 1.13 bits per heavy atom. The molecule has 0 bridgehead atoms. The quantitative estimate of drug-likeness (QED) is 0.734. The number of amides is 3. The molecule has 0 spiro atoms. The van der Waals surface area contributed by atoms with Gasteiger partial charge in [0.1, 0.15) is 5.82 Å². The topological polar surface area (TPSA) is 61.4 Å². The lowest BCUT2D eigenvalue weighted by atomic mass is 9.83. The summed E-state index contributed by atoms with van der Waals surface area (Å²) in [6.07, 6.45) is 1.39. The van der Waals surface area contributed by atoms with Crippen molar-refractivity contribution in [1.82, 2.24) is 15.5 Å². The Kier molecular flexibility index (Phi) is 7.66.